The van der Waals surface area contributed by atoms with E-state index in [1.807, 2.05) is 55.1 Å². The van der Waals surface area contributed by atoms with Crippen molar-refractivity contribution in [3.63, 3.8) is 0 Å². The van der Waals surface area contributed by atoms with Crippen molar-refractivity contribution in [3.05, 3.63) is 70.4 Å². The van der Waals surface area contributed by atoms with E-state index in [-0.39, 0.29) is 24.0 Å². The molecule has 2 aliphatic rings. The molecule has 4 rings (SSSR count). The molecule has 0 spiro atoms. The smallest absolute Gasteiger partial charge is 0.277 e. The van der Waals surface area contributed by atoms with Gasteiger partial charge in [-0.05, 0) is 55.7 Å². The molecule has 2 aliphatic heterocycles. The van der Waals surface area contributed by atoms with Crippen molar-refractivity contribution < 1.29 is 19.1 Å². The van der Waals surface area contributed by atoms with Crippen LogP contribution < -0.4 is 4.74 Å². The molecule has 7 heteroatoms. The largest absolute Gasteiger partial charge is 0.497 e. The summed E-state index contributed by atoms with van der Waals surface area (Å²) in [4.78, 5) is 30.4. The molecular formula is C25H27ClN2O4. The molecule has 0 saturated carbocycles. The van der Waals surface area contributed by atoms with E-state index in [4.69, 9.17) is 21.1 Å². The van der Waals surface area contributed by atoms with Crippen LogP contribution in [0.5, 0.6) is 5.75 Å². The molecule has 0 radical (unpaired) electrons. The van der Waals surface area contributed by atoms with Gasteiger partial charge in [0.15, 0.2) is 0 Å². The minimum Gasteiger partial charge on any atom is -0.497 e. The fraction of sp³-hybridized carbons (Fsp3) is 0.360. The Balaban J connectivity index is 1.66. The third-order valence-corrected chi connectivity index (χ3v) is 6.05. The van der Waals surface area contributed by atoms with E-state index < -0.39 is 0 Å². The normalized spacial score (nSPS) is 21.5. The van der Waals surface area contributed by atoms with Gasteiger partial charge < -0.3 is 14.4 Å². The summed E-state index contributed by atoms with van der Waals surface area (Å²) >= 11 is 5.97. The van der Waals surface area contributed by atoms with Crippen molar-refractivity contribution in [2.24, 2.45) is 0 Å². The summed E-state index contributed by atoms with van der Waals surface area (Å²) in [6, 6.07) is 14.7. The average molecular weight is 455 g/mol. The van der Waals surface area contributed by atoms with Crippen molar-refractivity contribution in [1.29, 1.82) is 0 Å². The summed E-state index contributed by atoms with van der Waals surface area (Å²) in [5.41, 5.74) is 2.62. The van der Waals surface area contributed by atoms with E-state index in [2.05, 4.69) is 0 Å². The number of rotatable bonds is 6. The van der Waals surface area contributed by atoms with Crippen molar-refractivity contribution in [2.45, 2.75) is 32.5 Å². The predicted molar refractivity (Wildman–Crippen MR) is 123 cm³/mol. The Morgan fingerprint density at radius 2 is 1.59 bits per heavy atom. The first-order valence-corrected chi connectivity index (χ1v) is 11.1. The van der Waals surface area contributed by atoms with E-state index >= 15 is 0 Å². The Hall–Kier alpha value is -2.83. The summed E-state index contributed by atoms with van der Waals surface area (Å²) in [6.07, 6.45) is 0.497. The Bertz CT molecular complexity index is 1020. The Morgan fingerprint density at radius 3 is 2.19 bits per heavy atom. The number of morpholine rings is 1. The van der Waals surface area contributed by atoms with Gasteiger partial charge >= 0.3 is 0 Å². The standard InChI is InChI=1S/C25H27ClN2O4/c1-16-14-27(15-17(2)32-16)23-22(19-6-10-21(31-3)11-7-19)24(29)28(25(23)30)13-12-18-4-8-20(26)9-5-18/h4-11,16-17H,12-15H2,1-3H3. The number of amides is 2. The van der Waals surface area contributed by atoms with Gasteiger partial charge in [-0.25, -0.2) is 0 Å². The van der Waals surface area contributed by atoms with Crippen LogP contribution in [0.1, 0.15) is 25.0 Å². The van der Waals surface area contributed by atoms with Gasteiger partial charge in [0.1, 0.15) is 11.4 Å². The maximum Gasteiger partial charge on any atom is 0.277 e. The average Bonchev–Trinajstić information content (AvgIpc) is 3.02. The highest BCUT2D eigenvalue weighted by Crippen LogP contribution is 2.34. The molecule has 2 unspecified atom stereocenters. The van der Waals surface area contributed by atoms with E-state index in [1.54, 1.807) is 19.2 Å². The molecule has 168 valence electrons. The van der Waals surface area contributed by atoms with E-state index in [1.165, 1.54) is 4.90 Å². The Morgan fingerprint density at radius 1 is 0.969 bits per heavy atom. The van der Waals surface area contributed by atoms with E-state index in [0.29, 0.717) is 53.7 Å². The Labute approximate surface area is 193 Å². The minimum atomic E-state index is -0.268. The van der Waals surface area contributed by atoms with Crippen molar-refractivity contribution in [3.8, 4) is 5.75 Å². The zero-order valence-electron chi connectivity index (χ0n) is 18.5. The zero-order valence-corrected chi connectivity index (χ0v) is 19.3. The topological polar surface area (TPSA) is 59.1 Å². The maximum absolute atomic E-state index is 13.5. The highest BCUT2D eigenvalue weighted by molar-refractivity contribution is 6.35. The first-order chi connectivity index (χ1) is 15.4. The third kappa shape index (κ3) is 4.52. The molecule has 1 fully saturated rings. The van der Waals surface area contributed by atoms with Crippen LogP contribution in [0.25, 0.3) is 5.57 Å². The fourth-order valence-corrected chi connectivity index (χ4v) is 4.46. The summed E-state index contributed by atoms with van der Waals surface area (Å²) < 4.78 is 11.1. The number of ether oxygens (including phenoxy) is 2. The van der Waals surface area contributed by atoms with Crippen LogP contribution in [-0.4, -0.2) is 60.6 Å². The fourth-order valence-electron chi connectivity index (χ4n) is 4.33. The van der Waals surface area contributed by atoms with Crippen molar-refractivity contribution >= 4 is 29.0 Å². The number of imide groups is 1. The number of carbonyl (C=O) groups is 2. The van der Waals surface area contributed by atoms with Crippen molar-refractivity contribution in [2.75, 3.05) is 26.7 Å². The van der Waals surface area contributed by atoms with Gasteiger partial charge in [0.25, 0.3) is 11.8 Å². The lowest BCUT2D eigenvalue weighted by Crippen LogP contribution is -2.47. The second-order valence-corrected chi connectivity index (χ2v) is 8.69. The maximum atomic E-state index is 13.5. The minimum absolute atomic E-state index is 0.0330. The number of nitrogens with zero attached hydrogens (tertiary/aromatic N) is 2. The highest BCUT2D eigenvalue weighted by Gasteiger charge is 2.42. The van der Waals surface area contributed by atoms with Gasteiger partial charge in [-0.3, -0.25) is 14.5 Å². The van der Waals surface area contributed by atoms with Crippen LogP contribution in [0, 0.1) is 0 Å². The number of halogens is 1. The van der Waals surface area contributed by atoms with Crippen LogP contribution in [0.15, 0.2) is 54.2 Å². The van der Waals surface area contributed by atoms with Crippen LogP contribution >= 0.6 is 11.6 Å². The van der Waals surface area contributed by atoms with Crippen LogP contribution in [0.2, 0.25) is 5.02 Å². The molecule has 2 atom stereocenters. The molecule has 0 aromatic heterocycles. The molecular weight excluding hydrogens is 428 g/mol. The van der Waals surface area contributed by atoms with Crippen LogP contribution in [0.4, 0.5) is 0 Å². The number of hydrogen-bond acceptors (Lipinski definition) is 5. The van der Waals surface area contributed by atoms with Gasteiger partial charge in [0.2, 0.25) is 0 Å². The number of methoxy groups -OCH3 is 1. The monoisotopic (exact) mass is 454 g/mol. The summed E-state index contributed by atoms with van der Waals surface area (Å²) in [7, 11) is 1.60. The summed E-state index contributed by atoms with van der Waals surface area (Å²) in [5, 5.41) is 0.656. The number of hydrogen-bond donors (Lipinski definition) is 0. The number of carbonyl (C=O) groups excluding carboxylic acids is 2. The Kier molecular flexibility index (Phi) is 6.53. The summed E-state index contributed by atoms with van der Waals surface area (Å²) in [6.45, 7) is 5.39. The van der Waals surface area contributed by atoms with E-state index in [0.717, 1.165) is 5.56 Å². The van der Waals surface area contributed by atoms with Gasteiger partial charge in [0, 0.05) is 24.7 Å². The van der Waals surface area contributed by atoms with Crippen LogP contribution in [0.3, 0.4) is 0 Å². The third-order valence-electron chi connectivity index (χ3n) is 5.80. The lowest BCUT2D eigenvalue weighted by atomic mass is 10.0. The molecule has 2 heterocycles. The second kappa shape index (κ2) is 9.35. The van der Waals surface area contributed by atoms with Gasteiger partial charge in [-0.1, -0.05) is 35.9 Å². The SMILES string of the molecule is COc1ccc(C2=C(N3CC(C)OC(C)C3)C(=O)N(CCc3ccc(Cl)cc3)C2=O)cc1. The highest BCUT2D eigenvalue weighted by atomic mass is 35.5. The second-order valence-electron chi connectivity index (χ2n) is 8.25. The molecule has 32 heavy (non-hydrogen) atoms. The molecule has 2 amide bonds. The van der Waals surface area contributed by atoms with Gasteiger partial charge in [-0.2, -0.15) is 0 Å². The van der Waals surface area contributed by atoms with Crippen molar-refractivity contribution in [1.82, 2.24) is 9.80 Å². The quantitative estimate of drug-likeness (QED) is 0.622. The molecule has 0 bridgehead atoms. The molecule has 6 nitrogen and oxygen atoms in total. The van der Waals surface area contributed by atoms with Crippen LogP contribution in [-0.2, 0) is 20.7 Å². The number of benzene rings is 2. The van der Waals surface area contributed by atoms with Gasteiger partial charge in [0.05, 0.1) is 24.9 Å². The molecule has 1 saturated heterocycles. The summed E-state index contributed by atoms with van der Waals surface area (Å²) in [5.74, 6) is 0.174. The predicted octanol–water partition coefficient (Wildman–Crippen LogP) is 3.78. The molecule has 0 N–H and O–H groups in total. The first-order valence-electron chi connectivity index (χ1n) is 10.8. The van der Waals surface area contributed by atoms with Gasteiger partial charge in [-0.15, -0.1) is 0 Å². The first kappa shape index (κ1) is 22.4. The lowest BCUT2D eigenvalue weighted by Gasteiger charge is -2.37. The molecule has 2 aromatic carbocycles. The molecule has 0 aliphatic carbocycles. The van der Waals surface area contributed by atoms with E-state index in [9.17, 15) is 9.59 Å². The lowest BCUT2D eigenvalue weighted by molar-refractivity contribution is -0.138. The zero-order chi connectivity index (χ0) is 22.8. The molecule has 2 aromatic rings.